The molecule has 0 spiro atoms. The van der Waals surface area contributed by atoms with Gasteiger partial charge in [-0.3, -0.25) is 4.68 Å². The second kappa shape index (κ2) is 5.98. The summed E-state index contributed by atoms with van der Waals surface area (Å²) < 4.78 is 7.33. The van der Waals surface area contributed by atoms with Gasteiger partial charge >= 0.3 is 0 Å². The smallest absolute Gasteiger partial charge is 0.145 e. The van der Waals surface area contributed by atoms with Crippen LogP contribution in [0.5, 0.6) is 5.75 Å². The highest BCUT2D eigenvalue weighted by Crippen LogP contribution is 2.27. The molecule has 0 radical (unpaired) electrons. The second-order valence-electron chi connectivity index (χ2n) is 3.78. The second-order valence-corrected chi connectivity index (χ2v) is 4.62. The molecule has 4 nitrogen and oxygen atoms in total. The van der Waals surface area contributed by atoms with Gasteiger partial charge in [-0.05, 0) is 18.2 Å². The molecule has 0 saturated heterocycles. The Hall–Kier alpha value is -1.39. The maximum atomic E-state index is 5.98. The highest BCUT2D eigenvalue weighted by atomic mass is 35.5. The van der Waals surface area contributed by atoms with E-state index in [0.717, 1.165) is 13.0 Å². The maximum Gasteiger partial charge on any atom is 0.145 e. The Balaban J connectivity index is 1.80. The van der Waals surface area contributed by atoms with Gasteiger partial charge in [0.15, 0.2) is 0 Å². The third kappa shape index (κ3) is 3.55. The number of ether oxygens (including phenoxy) is 1. The monoisotopic (exact) mass is 285 g/mol. The first-order valence-electron chi connectivity index (χ1n) is 5.52. The summed E-state index contributed by atoms with van der Waals surface area (Å²) in [7, 11) is 0. The van der Waals surface area contributed by atoms with Gasteiger partial charge in [-0.1, -0.05) is 23.2 Å². The minimum Gasteiger partial charge on any atom is -0.492 e. The molecule has 0 unspecified atom stereocenters. The van der Waals surface area contributed by atoms with Gasteiger partial charge in [-0.25, -0.2) is 0 Å². The molecule has 6 heteroatoms. The number of nitrogens with two attached hydrogens (primary N) is 1. The molecular formula is C12H13Cl2N3O. The molecule has 0 aliphatic heterocycles. The van der Waals surface area contributed by atoms with Crippen molar-refractivity contribution in [3.05, 3.63) is 40.5 Å². The summed E-state index contributed by atoms with van der Waals surface area (Å²) in [4.78, 5) is 0. The fourth-order valence-electron chi connectivity index (χ4n) is 1.50. The molecule has 2 aromatic rings. The van der Waals surface area contributed by atoms with Gasteiger partial charge in [0.25, 0.3) is 0 Å². The minimum absolute atomic E-state index is 0.522. The Labute approximate surface area is 115 Å². The molecule has 96 valence electrons. The van der Waals surface area contributed by atoms with E-state index in [0.29, 0.717) is 28.2 Å². The van der Waals surface area contributed by atoms with Crippen LogP contribution in [0.3, 0.4) is 0 Å². The normalized spacial score (nSPS) is 10.6. The van der Waals surface area contributed by atoms with Crippen LogP contribution in [0.25, 0.3) is 0 Å². The molecule has 0 amide bonds. The van der Waals surface area contributed by atoms with Gasteiger partial charge in [0.05, 0.1) is 11.6 Å². The highest BCUT2D eigenvalue weighted by Gasteiger charge is 2.02. The zero-order valence-electron chi connectivity index (χ0n) is 9.64. The largest absolute Gasteiger partial charge is 0.492 e. The number of rotatable bonds is 5. The number of aromatic nitrogens is 2. The first-order chi connectivity index (χ1) is 8.65. The van der Waals surface area contributed by atoms with Crippen LogP contribution in [-0.4, -0.2) is 16.4 Å². The van der Waals surface area contributed by atoms with E-state index in [1.165, 1.54) is 0 Å². The van der Waals surface area contributed by atoms with E-state index < -0.39 is 0 Å². The predicted molar refractivity (Wildman–Crippen MR) is 73.2 cm³/mol. The summed E-state index contributed by atoms with van der Waals surface area (Å²) in [6.45, 7) is 1.29. The SMILES string of the molecule is Nc1ccn(CCCOc2cc(Cl)ccc2Cl)n1. The Morgan fingerprint density at radius 2 is 2.11 bits per heavy atom. The summed E-state index contributed by atoms with van der Waals surface area (Å²) in [6, 6.07) is 6.90. The Kier molecular flexibility index (Phi) is 4.33. The van der Waals surface area contributed by atoms with Crippen molar-refractivity contribution in [3.63, 3.8) is 0 Å². The van der Waals surface area contributed by atoms with Crippen molar-refractivity contribution < 1.29 is 4.74 Å². The van der Waals surface area contributed by atoms with Crippen LogP contribution in [0.4, 0.5) is 5.82 Å². The Morgan fingerprint density at radius 3 is 2.83 bits per heavy atom. The van der Waals surface area contributed by atoms with Crippen molar-refractivity contribution in [1.82, 2.24) is 9.78 Å². The third-order valence-corrected chi connectivity index (χ3v) is 2.89. The first kappa shape index (κ1) is 13.1. The number of halogens is 2. The summed E-state index contributed by atoms with van der Waals surface area (Å²) in [5.41, 5.74) is 5.52. The molecule has 0 aliphatic rings. The molecule has 0 fully saturated rings. The lowest BCUT2D eigenvalue weighted by molar-refractivity contribution is 0.299. The first-order valence-corrected chi connectivity index (χ1v) is 6.27. The van der Waals surface area contributed by atoms with Crippen molar-refractivity contribution in [2.45, 2.75) is 13.0 Å². The topological polar surface area (TPSA) is 53.1 Å². The molecule has 1 aromatic heterocycles. The number of benzene rings is 1. The van der Waals surface area contributed by atoms with E-state index in [-0.39, 0.29) is 0 Å². The highest BCUT2D eigenvalue weighted by molar-refractivity contribution is 6.34. The van der Waals surface area contributed by atoms with Crippen molar-refractivity contribution in [3.8, 4) is 5.75 Å². The molecule has 2 rings (SSSR count). The molecule has 0 bridgehead atoms. The zero-order valence-corrected chi connectivity index (χ0v) is 11.2. The van der Waals surface area contributed by atoms with Gasteiger partial charge in [-0.15, -0.1) is 0 Å². The van der Waals surface area contributed by atoms with Crippen molar-refractivity contribution in [1.29, 1.82) is 0 Å². The van der Waals surface area contributed by atoms with Gasteiger partial charge < -0.3 is 10.5 Å². The van der Waals surface area contributed by atoms with Crippen LogP contribution >= 0.6 is 23.2 Å². The Bertz CT molecular complexity index is 528. The van der Waals surface area contributed by atoms with Crippen LogP contribution in [0, 0.1) is 0 Å². The number of hydrogen-bond acceptors (Lipinski definition) is 3. The molecule has 0 atom stereocenters. The number of anilines is 1. The summed E-state index contributed by atoms with van der Waals surface area (Å²) in [5, 5.41) is 5.24. The van der Waals surface area contributed by atoms with Crippen molar-refractivity contribution in [2.24, 2.45) is 0 Å². The van der Waals surface area contributed by atoms with E-state index in [1.54, 1.807) is 28.9 Å². The van der Waals surface area contributed by atoms with E-state index in [4.69, 9.17) is 33.7 Å². The van der Waals surface area contributed by atoms with Gasteiger partial charge in [0.2, 0.25) is 0 Å². The number of aryl methyl sites for hydroxylation is 1. The van der Waals surface area contributed by atoms with Gasteiger partial charge in [0, 0.05) is 30.3 Å². The molecule has 1 heterocycles. The van der Waals surface area contributed by atoms with Crippen LogP contribution in [0.1, 0.15) is 6.42 Å². The van der Waals surface area contributed by atoms with E-state index in [2.05, 4.69) is 5.10 Å². The van der Waals surface area contributed by atoms with Crippen LogP contribution < -0.4 is 10.5 Å². The number of nitrogen functional groups attached to an aromatic ring is 1. The number of nitrogens with zero attached hydrogens (tertiary/aromatic N) is 2. The number of hydrogen-bond donors (Lipinski definition) is 1. The molecular weight excluding hydrogens is 273 g/mol. The molecule has 0 saturated carbocycles. The summed E-state index contributed by atoms with van der Waals surface area (Å²) >= 11 is 11.8. The van der Waals surface area contributed by atoms with Crippen LogP contribution in [-0.2, 0) is 6.54 Å². The average Bonchev–Trinajstić information content (AvgIpc) is 2.75. The molecule has 1 aromatic carbocycles. The zero-order chi connectivity index (χ0) is 13.0. The van der Waals surface area contributed by atoms with Crippen molar-refractivity contribution >= 4 is 29.0 Å². The fraction of sp³-hybridized carbons (Fsp3) is 0.250. The third-order valence-electron chi connectivity index (χ3n) is 2.34. The quantitative estimate of drug-likeness (QED) is 0.858. The summed E-state index contributed by atoms with van der Waals surface area (Å²) in [6.07, 6.45) is 2.64. The standard InChI is InChI=1S/C12H13Cl2N3O/c13-9-2-3-10(14)11(8-9)18-7-1-5-17-6-4-12(15)16-17/h2-4,6,8H,1,5,7H2,(H2,15,16). The lowest BCUT2D eigenvalue weighted by Crippen LogP contribution is -2.05. The van der Waals surface area contributed by atoms with Crippen LogP contribution in [0.2, 0.25) is 10.0 Å². The van der Waals surface area contributed by atoms with Crippen LogP contribution in [0.15, 0.2) is 30.5 Å². The van der Waals surface area contributed by atoms with Gasteiger partial charge in [-0.2, -0.15) is 5.10 Å². The predicted octanol–water partition coefficient (Wildman–Crippen LogP) is 3.24. The lowest BCUT2D eigenvalue weighted by atomic mass is 10.3. The van der Waals surface area contributed by atoms with E-state index in [9.17, 15) is 0 Å². The Morgan fingerprint density at radius 1 is 1.28 bits per heavy atom. The molecule has 2 N–H and O–H groups in total. The van der Waals surface area contributed by atoms with E-state index >= 15 is 0 Å². The average molecular weight is 286 g/mol. The minimum atomic E-state index is 0.522. The molecule has 0 aliphatic carbocycles. The summed E-state index contributed by atoms with van der Waals surface area (Å²) in [5.74, 6) is 1.12. The molecule has 18 heavy (non-hydrogen) atoms. The maximum absolute atomic E-state index is 5.98. The van der Waals surface area contributed by atoms with Gasteiger partial charge in [0.1, 0.15) is 11.6 Å². The van der Waals surface area contributed by atoms with Crippen molar-refractivity contribution in [2.75, 3.05) is 12.3 Å². The lowest BCUT2D eigenvalue weighted by Gasteiger charge is -2.08. The fourth-order valence-corrected chi connectivity index (χ4v) is 1.83. The van der Waals surface area contributed by atoms with E-state index in [1.807, 2.05) is 6.20 Å².